The van der Waals surface area contributed by atoms with Crippen LogP contribution in [-0.2, 0) is 0 Å². The molecule has 2 heteroatoms. The van der Waals surface area contributed by atoms with Crippen molar-refractivity contribution in [3.05, 3.63) is 22.4 Å². The first-order valence-electron chi connectivity index (χ1n) is 6.29. The van der Waals surface area contributed by atoms with Crippen molar-refractivity contribution in [2.45, 2.75) is 46.0 Å². The van der Waals surface area contributed by atoms with Crippen LogP contribution in [0.25, 0.3) is 0 Å². The smallest absolute Gasteiger partial charge is 0.0947 e. The zero-order valence-electron chi connectivity index (χ0n) is 10.3. The van der Waals surface area contributed by atoms with Crippen LogP contribution in [0.4, 0.5) is 0 Å². The zero-order chi connectivity index (χ0) is 11.5. The van der Waals surface area contributed by atoms with Gasteiger partial charge in [-0.3, -0.25) is 0 Å². The average Bonchev–Trinajstić information content (AvgIpc) is 2.82. The topological polar surface area (TPSA) is 27.0 Å². The second-order valence-electron chi connectivity index (χ2n) is 4.83. The highest BCUT2D eigenvalue weighted by Gasteiger charge is 2.22. The van der Waals surface area contributed by atoms with Crippen molar-refractivity contribution >= 4 is 0 Å². The second-order valence-corrected chi connectivity index (χ2v) is 4.83. The molecule has 0 aromatic heterocycles. The molecule has 1 aliphatic carbocycles. The number of nitriles is 1. The molecule has 1 heterocycles. The van der Waals surface area contributed by atoms with E-state index in [2.05, 4.69) is 17.9 Å². The van der Waals surface area contributed by atoms with E-state index in [-0.39, 0.29) is 0 Å². The van der Waals surface area contributed by atoms with E-state index in [4.69, 9.17) is 5.26 Å². The van der Waals surface area contributed by atoms with Gasteiger partial charge in [-0.05, 0) is 57.1 Å². The van der Waals surface area contributed by atoms with Gasteiger partial charge in [-0.1, -0.05) is 0 Å². The van der Waals surface area contributed by atoms with Crippen LogP contribution in [0.3, 0.4) is 0 Å². The molecule has 0 unspecified atom stereocenters. The molecule has 0 radical (unpaired) electrons. The molecule has 86 valence electrons. The number of hydrogen-bond donors (Lipinski definition) is 0. The van der Waals surface area contributed by atoms with E-state index in [0.717, 1.165) is 12.0 Å². The van der Waals surface area contributed by atoms with Gasteiger partial charge < -0.3 is 4.90 Å². The third-order valence-electron chi connectivity index (χ3n) is 3.83. The average molecular weight is 216 g/mol. The molecule has 2 nitrogen and oxygen atoms in total. The summed E-state index contributed by atoms with van der Waals surface area (Å²) in [6, 6.07) is 2.30. The van der Waals surface area contributed by atoms with E-state index >= 15 is 0 Å². The van der Waals surface area contributed by atoms with E-state index in [0.29, 0.717) is 0 Å². The Balaban J connectivity index is 2.33. The van der Waals surface area contributed by atoms with Crippen molar-refractivity contribution in [3.8, 4) is 6.07 Å². The Bertz CT molecular complexity index is 376. The lowest BCUT2D eigenvalue weighted by atomic mass is 9.88. The van der Waals surface area contributed by atoms with Crippen LogP contribution in [0, 0.1) is 11.3 Å². The Morgan fingerprint density at radius 3 is 2.50 bits per heavy atom. The molecule has 0 amide bonds. The maximum atomic E-state index is 9.01. The largest absolute Gasteiger partial charge is 0.375 e. The quantitative estimate of drug-likeness (QED) is 0.628. The summed E-state index contributed by atoms with van der Waals surface area (Å²) in [6.07, 6.45) is 6.15. The van der Waals surface area contributed by atoms with Gasteiger partial charge in [0.2, 0.25) is 0 Å². The van der Waals surface area contributed by atoms with Crippen LogP contribution in [0.5, 0.6) is 0 Å². The molecule has 0 N–H and O–H groups in total. The normalized spacial score (nSPS) is 24.7. The molecular formula is C14H20N2. The first kappa shape index (κ1) is 11.3. The van der Waals surface area contributed by atoms with Crippen LogP contribution >= 0.6 is 0 Å². The van der Waals surface area contributed by atoms with Crippen LogP contribution in [0.15, 0.2) is 22.4 Å². The molecule has 1 saturated heterocycles. The van der Waals surface area contributed by atoms with Gasteiger partial charge in [0.1, 0.15) is 0 Å². The fourth-order valence-electron chi connectivity index (χ4n) is 2.90. The summed E-state index contributed by atoms with van der Waals surface area (Å²) in [6.45, 7) is 6.58. The molecule has 1 aliphatic heterocycles. The standard InChI is InChI=1S/C14H20N2/c1-11(10-15)13-6-5-7-14(12(13)2)16-8-3-4-9-16/h3-9H2,1-2H3/b13-11-. The van der Waals surface area contributed by atoms with Gasteiger partial charge in [-0.25, -0.2) is 0 Å². The van der Waals surface area contributed by atoms with Crippen molar-refractivity contribution in [1.29, 1.82) is 5.26 Å². The van der Waals surface area contributed by atoms with Crippen molar-refractivity contribution < 1.29 is 0 Å². The fraction of sp³-hybridized carbons (Fsp3) is 0.643. The van der Waals surface area contributed by atoms with Gasteiger partial charge >= 0.3 is 0 Å². The Kier molecular flexibility index (Phi) is 3.33. The third-order valence-corrected chi connectivity index (χ3v) is 3.83. The molecule has 1 fully saturated rings. The maximum absolute atomic E-state index is 9.01. The summed E-state index contributed by atoms with van der Waals surface area (Å²) in [4.78, 5) is 2.53. The highest BCUT2D eigenvalue weighted by atomic mass is 15.2. The Hall–Kier alpha value is -1.23. The molecule has 16 heavy (non-hydrogen) atoms. The Labute approximate surface area is 98.2 Å². The number of hydrogen-bond acceptors (Lipinski definition) is 2. The van der Waals surface area contributed by atoms with Crippen LogP contribution in [0.2, 0.25) is 0 Å². The van der Waals surface area contributed by atoms with Gasteiger partial charge in [-0.15, -0.1) is 0 Å². The summed E-state index contributed by atoms with van der Waals surface area (Å²) < 4.78 is 0. The summed E-state index contributed by atoms with van der Waals surface area (Å²) in [5, 5.41) is 9.01. The highest BCUT2D eigenvalue weighted by molar-refractivity contribution is 5.43. The second kappa shape index (κ2) is 4.74. The predicted molar refractivity (Wildman–Crippen MR) is 65.7 cm³/mol. The van der Waals surface area contributed by atoms with E-state index in [1.54, 1.807) is 0 Å². The summed E-state index contributed by atoms with van der Waals surface area (Å²) in [5.74, 6) is 0. The van der Waals surface area contributed by atoms with Gasteiger partial charge in [0, 0.05) is 24.4 Å². The van der Waals surface area contributed by atoms with Crippen LogP contribution in [0.1, 0.15) is 46.0 Å². The Morgan fingerprint density at radius 2 is 1.88 bits per heavy atom. The van der Waals surface area contributed by atoms with E-state index in [9.17, 15) is 0 Å². The predicted octanol–water partition coefficient (Wildman–Crippen LogP) is 3.38. The van der Waals surface area contributed by atoms with Gasteiger partial charge in [0.15, 0.2) is 0 Å². The molecule has 0 atom stereocenters. The highest BCUT2D eigenvalue weighted by Crippen LogP contribution is 2.34. The molecule has 0 saturated carbocycles. The lowest BCUT2D eigenvalue weighted by molar-refractivity contribution is 0.394. The third kappa shape index (κ3) is 2.00. The van der Waals surface area contributed by atoms with Crippen molar-refractivity contribution in [2.24, 2.45) is 0 Å². The number of allylic oxidation sites excluding steroid dienone is 4. The summed E-state index contributed by atoms with van der Waals surface area (Å²) >= 11 is 0. The van der Waals surface area contributed by atoms with Crippen LogP contribution in [-0.4, -0.2) is 18.0 Å². The molecule has 2 aliphatic rings. The first-order chi connectivity index (χ1) is 7.74. The van der Waals surface area contributed by atoms with E-state index in [1.165, 1.54) is 55.6 Å². The van der Waals surface area contributed by atoms with Gasteiger partial charge in [0.05, 0.1) is 6.07 Å². The Morgan fingerprint density at radius 1 is 1.19 bits per heavy atom. The number of rotatable bonds is 1. The number of nitrogens with zero attached hydrogens (tertiary/aromatic N) is 2. The molecule has 0 bridgehead atoms. The van der Waals surface area contributed by atoms with E-state index < -0.39 is 0 Å². The van der Waals surface area contributed by atoms with Gasteiger partial charge in [0.25, 0.3) is 0 Å². The van der Waals surface area contributed by atoms with Crippen molar-refractivity contribution in [1.82, 2.24) is 4.90 Å². The lowest BCUT2D eigenvalue weighted by Gasteiger charge is -2.29. The lowest BCUT2D eigenvalue weighted by Crippen LogP contribution is -2.22. The van der Waals surface area contributed by atoms with Gasteiger partial charge in [-0.2, -0.15) is 5.26 Å². The molecule has 0 aromatic rings. The van der Waals surface area contributed by atoms with Crippen molar-refractivity contribution in [3.63, 3.8) is 0 Å². The number of likely N-dealkylation sites (tertiary alicyclic amines) is 1. The SMILES string of the molecule is CC1=C(N2CCCC2)CCC/C1=C(\C)C#N. The minimum atomic E-state index is 0.911. The summed E-state index contributed by atoms with van der Waals surface area (Å²) in [7, 11) is 0. The summed E-state index contributed by atoms with van der Waals surface area (Å²) in [5.41, 5.74) is 5.10. The monoisotopic (exact) mass is 216 g/mol. The zero-order valence-corrected chi connectivity index (χ0v) is 10.3. The fourth-order valence-corrected chi connectivity index (χ4v) is 2.90. The maximum Gasteiger partial charge on any atom is 0.0947 e. The van der Waals surface area contributed by atoms with E-state index in [1.807, 2.05) is 6.92 Å². The minimum Gasteiger partial charge on any atom is -0.375 e. The molecule has 0 aromatic carbocycles. The molecular weight excluding hydrogens is 196 g/mol. The minimum absolute atomic E-state index is 0.911. The molecule has 0 spiro atoms. The van der Waals surface area contributed by atoms with Crippen LogP contribution < -0.4 is 0 Å². The first-order valence-corrected chi connectivity index (χ1v) is 6.29. The molecule has 2 rings (SSSR count). The van der Waals surface area contributed by atoms with Crippen molar-refractivity contribution in [2.75, 3.05) is 13.1 Å².